The molecule has 1 amide bonds. The highest BCUT2D eigenvalue weighted by Gasteiger charge is 2.06. The first-order chi connectivity index (χ1) is 12.7. The Hall–Kier alpha value is -2.23. The monoisotopic (exact) mass is 486 g/mol. The molecule has 7 nitrogen and oxygen atoms in total. The molecule has 0 radical (unpaired) electrons. The second-order valence-corrected chi connectivity index (χ2v) is 5.58. The first kappa shape index (κ1) is 22.8. The highest BCUT2D eigenvalue weighted by molar-refractivity contribution is 14.0. The van der Waals surface area contributed by atoms with E-state index in [1.54, 1.807) is 12.1 Å². The molecule has 0 fully saturated rings. The SMILES string of the molecule is CCNC(=NCCNC(=O)c1ccco1)NCCOc1ccc(C)cc1.I. The number of carbonyl (C=O) groups is 1. The van der Waals surface area contributed by atoms with Crippen LogP contribution < -0.4 is 20.7 Å². The predicted octanol–water partition coefficient (Wildman–Crippen LogP) is 2.57. The van der Waals surface area contributed by atoms with Crippen LogP contribution in [0.2, 0.25) is 0 Å². The zero-order chi connectivity index (χ0) is 18.6. The van der Waals surface area contributed by atoms with Gasteiger partial charge in [0, 0.05) is 13.1 Å². The lowest BCUT2D eigenvalue weighted by atomic mass is 10.2. The Morgan fingerprint density at radius 3 is 2.56 bits per heavy atom. The minimum Gasteiger partial charge on any atom is -0.492 e. The summed E-state index contributed by atoms with van der Waals surface area (Å²) in [5, 5.41) is 9.11. The third-order valence-corrected chi connectivity index (χ3v) is 3.44. The van der Waals surface area contributed by atoms with Gasteiger partial charge in [-0.2, -0.15) is 0 Å². The molecule has 0 saturated carbocycles. The Labute approximate surface area is 177 Å². The summed E-state index contributed by atoms with van der Waals surface area (Å²) in [4.78, 5) is 16.2. The third kappa shape index (κ3) is 8.80. The van der Waals surface area contributed by atoms with Crippen molar-refractivity contribution >= 4 is 35.8 Å². The van der Waals surface area contributed by atoms with Crippen molar-refractivity contribution in [2.75, 3.05) is 32.8 Å². The van der Waals surface area contributed by atoms with Gasteiger partial charge in [-0.1, -0.05) is 17.7 Å². The fourth-order valence-electron chi connectivity index (χ4n) is 2.15. The van der Waals surface area contributed by atoms with E-state index in [4.69, 9.17) is 9.15 Å². The van der Waals surface area contributed by atoms with E-state index in [-0.39, 0.29) is 29.9 Å². The minimum absolute atomic E-state index is 0. The van der Waals surface area contributed by atoms with Gasteiger partial charge in [0.25, 0.3) is 5.91 Å². The summed E-state index contributed by atoms with van der Waals surface area (Å²) in [6.45, 7) is 6.83. The van der Waals surface area contributed by atoms with E-state index in [1.165, 1.54) is 11.8 Å². The average molecular weight is 486 g/mol. The average Bonchev–Trinajstić information content (AvgIpc) is 3.18. The number of carbonyl (C=O) groups excluding carboxylic acids is 1. The Kier molecular flexibility index (Phi) is 11.0. The lowest BCUT2D eigenvalue weighted by molar-refractivity contribution is 0.0927. The van der Waals surface area contributed by atoms with Crippen molar-refractivity contribution in [3.63, 3.8) is 0 Å². The fourth-order valence-corrected chi connectivity index (χ4v) is 2.15. The van der Waals surface area contributed by atoms with Crippen LogP contribution in [0.3, 0.4) is 0 Å². The van der Waals surface area contributed by atoms with Gasteiger partial charge < -0.3 is 25.1 Å². The predicted molar refractivity (Wildman–Crippen MR) is 117 cm³/mol. The van der Waals surface area contributed by atoms with Gasteiger partial charge in [0.15, 0.2) is 11.7 Å². The molecule has 0 unspecified atom stereocenters. The molecule has 0 saturated heterocycles. The number of halogens is 1. The molecule has 0 aliphatic heterocycles. The number of nitrogens with one attached hydrogen (secondary N) is 3. The first-order valence-electron chi connectivity index (χ1n) is 8.72. The summed E-state index contributed by atoms with van der Waals surface area (Å²) in [6.07, 6.45) is 1.47. The maximum Gasteiger partial charge on any atom is 0.287 e. The van der Waals surface area contributed by atoms with E-state index in [0.717, 1.165) is 12.3 Å². The molecule has 8 heteroatoms. The number of ether oxygens (including phenoxy) is 1. The molecule has 0 bridgehead atoms. The zero-order valence-corrected chi connectivity index (χ0v) is 18.0. The lowest BCUT2D eigenvalue weighted by Crippen LogP contribution is -2.40. The Morgan fingerprint density at radius 1 is 1.11 bits per heavy atom. The van der Waals surface area contributed by atoms with Crippen LogP contribution in [0.25, 0.3) is 0 Å². The maximum absolute atomic E-state index is 11.7. The van der Waals surface area contributed by atoms with Crippen molar-refractivity contribution in [2.24, 2.45) is 4.99 Å². The normalized spacial score (nSPS) is 10.7. The number of furan rings is 1. The minimum atomic E-state index is -0.241. The smallest absolute Gasteiger partial charge is 0.287 e. The molecule has 0 aliphatic carbocycles. The van der Waals surface area contributed by atoms with Gasteiger partial charge in [-0.25, -0.2) is 0 Å². The maximum atomic E-state index is 11.7. The van der Waals surface area contributed by atoms with Crippen LogP contribution in [0.5, 0.6) is 5.75 Å². The highest BCUT2D eigenvalue weighted by Crippen LogP contribution is 2.10. The molecule has 0 atom stereocenters. The van der Waals surface area contributed by atoms with Gasteiger partial charge in [-0.05, 0) is 38.1 Å². The standard InChI is InChI=1S/C19H26N4O3.HI/c1-3-20-19(22-11-10-21-18(24)17-5-4-13-26-17)23-12-14-25-16-8-6-15(2)7-9-16;/h4-9,13H,3,10-12,14H2,1-2H3,(H,21,24)(H2,20,22,23);1H. The van der Waals surface area contributed by atoms with Crippen molar-refractivity contribution in [1.29, 1.82) is 0 Å². The number of benzene rings is 1. The molecule has 1 heterocycles. The van der Waals surface area contributed by atoms with Crippen molar-refractivity contribution in [1.82, 2.24) is 16.0 Å². The van der Waals surface area contributed by atoms with Crippen LogP contribution in [0.15, 0.2) is 52.1 Å². The van der Waals surface area contributed by atoms with Gasteiger partial charge in [0.1, 0.15) is 12.4 Å². The van der Waals surface area contributed by atoms with E-state index in [9.17, 15) is 4.79 Å². The van der Waals surface area contributed by atoms with Crippen molar-refractivity contribution in [3.05, 3.63) is 54.0 Å². The number of hydrogen-bond donors (Lipinski definition) is 3. The molecular formula is C19H27IN4O3. The molecular weight excluding hydrogens is 459 g/mol. The summed E-state index contributed by atoms with van der Waals surface area (Å²) >= 11 is 0. The van der Waals surface area contributed by atoms with Gasteiger partial charge in [-0.15, -0.1) is 24.0 Å². The molecule has 2 aromatic rings. The number of nitrogens with zero attached hydrogens (tertiary/aromatic N) is 1. The van der Waals surface area contributed by atoms with E-state index >= 15 is 0 Å². The lowest BCUT2D eigenvalue weighted by Gasteiger charge is -2.12. The van der Waals surface area contributed by atoms with Gasteiger partial charge in [0.05, 0.1) is 19.4 Å². The highest BCUT2D eigenvalue weighted by atomic mass is 127. The van der Waals surface area contributed by atoms with Crippen LogP contribution in [-0.4, -0.2) is 44.7 Å². The molecule has 27 heavy (non-hydrogen) atoms. The largest absolute Gasteiger partial charge is 0.492 e. The fraction of sp³-hybridized carbons (Fsp3) is 0.368. The van der Waals surface area contributed by atoms with Gasteiger partial charge in [-0.3, -0.25) is 9.79 Å². The van der Waals surface area contributed by atoms with E-state index < -0.39 is 0 Å². The van der Waals surface area contributed by atoms with Crippen molar-refractivity contribution in [2.45, 2.75) is 13.8 Å². The van der Waals surface area contributed by atoms with E-state index in [0.29, 0.717) is 38.0 Å². The summed E-state index contributed by atoms with van der Waals surface area (Å²) in [7, 11) is 0. The number of guanidine groups is 1. The van der Waals surface area contributed by atoms with Gasteiger partial charge in [0.2, 0.25) is 0 Å². The van der Waals surface area contributed by atoms with Crippen molar-refractivity contribution < 1.29 is 13.9 Å². The van der Waals surface area contributed by atoms with E-state index in [2.05, 4.69) is 20.9 Å². The van der Waals surface area contributed by atoms with Gasteiger partial charge >= 0.3 is 0 Å². The second-order valence-electron chi connectivity index (χ2n) is 5.58. The molecule has 2 rings (SSSR count). The molecule has 0 aliphatic rings. The molecule has 148 valence electrons. The molecule has 1 aromatic carbocycles. The summed E-state index contributed by atoms with van der Waals surface area (Å²) in [6, 6.07) is 11.3. The summed E-state index contributed by atoms with van der Waals surface area (Å²) in [5.74, 6) is 1.59. The topological polar surface area (TPSA) is 87.9 Å². The Balaban J connectivity index is 0.00000364. The number of aryl methyl sites for hydroxylation is 1. The quantitative estimate of drug-likeness (QED) is 0.220. The van der Waals surface area contributed by atoms with Crippen LogP contribution in [0.4, 0.5) is 0 Å². The number of aliphatic imine (C=N–C) groups is 1. The molecule has 0 spiro atoms. The molecule has 3 N–H and O–H groups in total. The van der Waals surface area contributed by atoms with Crippen LogP contribution in [0.1, 0.15) is 23.0 Å². The number of rotatable bonds is 9. The Bertz CT molecular complexity index is 687. The first-order valence-corrected chi connectivity index (χ1v) is 8.72. The second kappa shape index (κ2) is 13.0. The van der Waals surface area contributed by atoms with Crippen LogP contribution >= 0.6 is 24.0 Å². The summed E-state index contributed by atoms with van der Waals surface area (Å²) in [5.41, 5.74) is 1.20. The molecule has 1 aromatic heterocycles. The van der Waals surface area contributed by atoms with Crippen LogP contribution in [0, 0.1) is 6.92 Å². The number of hydrogen-bond acceptors (Lipinski definition) is 4. The number of amides is 1. The Morgan fingerprint density at radius 2 is 1.89 bits per heavy atom. The summed E-state index contributed by atoms with van der Waals surface area (Å²) < 4.78 is 10.7. The zero-order valence-electron chi connectivity index (χ0n) is 15.7. The van der Waals surface area contributed by atoms with Crippen molar-refractivity contribution in [3.8, 4) is 5.75 Å². The third-order valence-electron chi connectivity index (χ3n) is 3.44. The van der Waals surface area contributed by atoms with E-state index in [1.807, 2.05) is 38.1 Å². The van der Waals surface area contributed by atoms with Crippen LogP contribution in [-0.2, 0) is 0 Å².